The number of H-pyrrole nitrogens is 1. The molecule has 1 saturated heterocycles. The smallest absolute Gasteiger partial charge is 0.251 e. The van der Waals surface area contributed by atoms with Gasteiger partial charge in [-0.15, -0.1) is 0 Å². The molecule has 4 rings (SSSR count). The van der Waals surface area contributed by atoms with Gasteiger partial charge in [0, 0.05) is 49.1 Å². The lowest BCUT2D eigenvalue weighted by atomic mass is 9.95. The molecule has 1 aliphatic heterocycles. The summed E-state index contributed by atoms with van der Waals surface area (Å²) in [5.41, 5.74) is 3.72. The first-order valence-corrected chi connectivity index (χ1v) is 11.2. The second-order valence-electron chi connectivity index (χ2n) is 8.31. The highest BCUT2D eigenvalue weighted by molar-refractivity contribution is 5.79. The molecule has 0 bridgehead atoms. The zero-order valence-electron chi connectivity index (χ0n) is 18.6. The first-order valence-electron chi connectivity index (χ1n) is 11.2. The summed E-state index contributed by atoms with van der Waals surface area (Å²) in [5, 5.41) is 3.07. The Hall–Kier alpha value is -3.48. The van der Waals surface area contributed by atoms with E-state index in [-0.39, 0.29) is 17.4 Å². The Morgan fingerprint density at radius 3 is 2.56 bits per heavy atom. The highest BCUT2D eigenvalue weighted by Crippen LogP contribution is 2.23. The number of aromatic nitrogens is 3. The maximum Gasteiger partial charge on any atom is 0.251 e. The van der Waals surface area contributed by atoms with Crippen LogP contribution in [0.1, 0.15) is 36.6 Å². The summed E-state index contributed by atoms with van der Waals surface area (Å²) in [6.07, 6.45) is 4.05. The molecule has 0 atom stereocenters. The summed E-state index contributed by atoms with van der Waals surface area (Å²) in [4.78, 5) is 38.5. The molecule has 1 fully saturated rings. The monoisotopic (exact) mass is 431 g/mol. The summed E-state index contributed by atoms with van der Waals surface area (Å²) in [6, 6.07) is 13.6. The lowest BCUT2D eigenvalue weighted by molar-refractivity contribution is -0.125. The van der Waals surface area contributed by atoms with Gasteiger partial charge in [0.15, 0.2) is 0 Å². The third-order valence-electron chi connectivity index (χ3n) is 5.96. The number of hydrogen-bond donors (Lipinski definition) is 2. The van der Waals surface area contributed by atoms with Crippen molar-refractivity contribution in [1.29, 1.82) is 0 Å². The number of hydrogen-bond acceptors (Lipinski definition) is 5. The fraction of sp³-hybridized carbons (Fsp3) is 0.360. The van der Waals surface area contributed by atoms with E-state index in [4.69, 9.17) is 0 Å². The average molecular weight is 432 g/mol. The van der Waals surface area contributed by atoms with E-state index in [9.17, 15) is 9.59 Å². The molecule has 0 saturated carbocycles. The maximum absolute atomic E-state index is 12.6. The van der Waals surface area contributed by atoms with Crippen molar-refractivity contribution in [3.05, 3.63) is 75.8 Å². The SMILES string of the molecule is CCc1cc(=O)[nH]c(-c2ccc(N3CCC(C(=O)NCc4ccc(C)cc4)CC3)nc2)n1. The van der Waals surface area contributed by atoms with Crippen molar-refractivity contribution in [2.24, 2.45) is 5.92 Å². The molecule has 7 nitrogen and oxygen atoms in total. The van der Waals surface area contributed by atoms with Gasteiger partial charge in [0.25, 0.3) is 5.56 Å². The molecule has 0 aliphatic carbocycles. The lowest BCUT2D eigenvalue weighted by Crippen LogP contribution is -2.40. The molecular weight excluding hydrogens is 402 g/mol. The molecule has 1 aromatic carbocycles. The maximum atomic E-state index is 12.6. The molecule has 3 heterocycles. The number of piperidine rings is 1. The Morgan fingerprint density at radius 1 is 1.16 bits per heavy atom. The van der Waals surface area contributed by atoms with Crippen LogP contribution in [0.25, 0.3) is 11.4 Å². The highest BCUT2D eigenvalue weighted by atomic mass is 16.2. The van der Waals surface area contributed by atoms with Gasteiger partial charge < -0.3 is 15.2 Å². The van der Waals surface area contributed by atoms with Crippen molar-refractivity contribution < 1.29 is 4.79 Å². The topological polar surface area (TPSA) is 91.0 Å². The Kier molecular flexibility index (Phi) is 6.63. The van der Waals surface area contributed by atoms with Gasteiger partial charge >= 0.3 is 0 Å². The molecule has 166 valence electrons. The molecule has 32 heavy (non-hydrogen) atoms. The Labute approximate surface area is 187 Å². The summed E-state index contributed by atoms with van der Waals surface area (Å²) < 4.78 is 0. The molecule has 1 amide bonds. The van der Waals surface area contributed by atoms with E-state index in [1.165, 1.54) is 11.6 Å². The van der Waals surface area contributed by atoms with Gasteiger partial charge in [-0.2, -0.15) is 0 Å². The van der Waals surface area contributed by atoms with Crippen LogP contribution < -0.4 is 15.8 Å². The number of nitrogens with zero attached hydrogens (tertiary/aromatic N) is 3. The number of aromatic amines is 1. The van der Waals surface area contributed by atoms with Crippen LogP contribution in [0, 0.1) is 12.8 Å². The minimum atomic E-state index is -0.154. The van der Waals surface area contributed by atoms with Gasteiger partial charge in [-0.05, 0) is 43.9 Å². The zero-order chi connectivity index (χ0) is 22.5. The summed E-state index contributed by atoms with van der Waals surface area (Å²) in [7, 11) is 0. The number of anilines is 1. The summed E-state index contributed by atoms with van der Waals surface area (Å²) in [5.74, 6) is 1.57. The van der Waals surface area contributed by atoms with E-state index in [0.29, 0.717) is 18.8 Å². The number of nitrogens with one attached hydrogen (secondary N) is 2. The molecule has 2 N–H and O–H groups in total. The Morgan fingerprint density at radius 2 is 1.91 bits per heavy atom. The van der Waals surface area contributed by atoms with E-state index < -0.39 is 0 Å². The minimum Gasteiger partial charge on any atom is -0.357 e. The largest absolute Gasteiger partial charge is 0.357 e. The molecule has 0 spiro atoms. The van der Waals surface area contributed by atoms with E-state index >= 15 is 0 Å². The molecule has 3 aromatic rings. The van der Waals surface area contributed by atoms with E-state index in [0.717, 1.165) is 48.6 Å². The molecule has 2 aromatic heterocycles. The summed E-state index contributed by atoms with van der Waals surface area (Å²) in [6.45, 7) is 6.17. The standard InChI is InChI=1S/C25H29N5O2/c1-3-21-14-23(31)29-24(28-21)20-8-9-22(26-16-20)30-12-10-19(11-13-30)25(32)27-15-18-6-4-17(2)5-7-18/h4-9,14,16,19H,3,10-13,15H2,1-2H3,(H,27,32)(H,28,29,31). The zero-order valence-corrected chi connectivity index (χ0v) is 18.6. The van der Waals surface area contributed by atoms with Crippen LogP contribution in [0.3, 0.4) is 0 Å². The van der Waals surface area contributed by atoms with Crippen LogP contribution in [-0.4, -0.2) is 33.9 Å². The lowest BCUT2D eigenvalue weighted by Gasteiger charge is -2.32. The van der Waals surface area contributed by atoms with Crippen molar-refractivity contribution in [2.45, 2.75) is 39.7 Å². The highest BCUT2D eigenvalue weighted by Gasteiger charge is 2.25. The molecule has 0 radical (unpaired) electrons. The predicted molar refractivity (Wildman–Crippen MR) is 125 cm³/mol. The normalized spacial score (nSPS) is 14.4. The first kappa shape index (κ1) is 21.7. The average Bonchev–Trinajstić information content (AvgIpc) is 2.83. The number of pyridine rings is 1. The molecule has 1 aliphatic rings. The van der Waals surface area contributed by atoms with Crippen molar-refractivity contribution in [3.8, 4) is 11.4 Å². The van der Waals surface area contributed by atoms with Crippen LogP contribution in [0.15, 0.2) is 53.5 Å². The van der Waals surface area contributed by atoms with Gasteiger partial charge in [0.2, 0.25) is 5.91 Å². The molecule has 7 heteroatoms. The van der Waals surface area contributed by atoms with Crippen molar-refractivity contribution in [2.75, 3.05) is 18.0 Å². The third kappa shape index (κ3) is 5.22. The number of benzene rings is 1. The number of carbonyl (C=O) groups is 1. The van der Waals surface area contributed by atoms with Crippen LogP contribution in [0.5, 0.6) is 0 Å². The van der Waals surface area contributed by atoms with Crippen LogP contribution in [-0.2, 0) is 17.8 Å². The van der Waals surface area contributed by atoms with E-state index in [2.05, 4.69) is 56.4 Å². The van der Waals surface area contributed by atoms with Gasteiger partial charge in [0.1, 0.15) is 11.6 Å². The van der Waals surface area contributed by atoms with Gasteiger partial charge in [0.05, 0.1) is 0 Å². The van der Waals surface area contributed by atoms with Crippen LogP contribution in [0.4, 0.5) is 5.82 Å². The van der Waals surface area contributed by atoms with E-state index in [1.807, 2.05) is 19.1 Å². The molecule has 0 unspecified atom stereocenters. The van der Waals surface area contributed by atoms with Crippen molar-refractivity contribution >= 4 is 11.7 Å². The predicted octanol–water partition coefficient (Wildman–Crippen LogP) is 3.24. The Balaban J connectivity index is 1.32. The number of rotatable bonds is 6. The fourth-order valence-corrected chi connectivity index (χ4v) is 3.95. The van der Waals surface area contributed by atoms with Gasteiger partial charge in [-0.1, -0.05) is 36.8 Å². The van der Waals surface area contributed by atoms with Crippen LogP contribution >= 0.6 is 0 Å². The second-order valence-corrected chi connectivity index (χ2v) is 8.31. The van der Waals surface area contributed by atoms with E-state index in [1.54, 1.807) is 6.20 Å². The second kappa shape index (κ2) is 9.77. The van der Waals surface area contributed by atoms with Crippen molar-refractivity contribution in [3.63, 3.8) is 0 Å². The van der Waals surface area contributed by atoms with Crippen molar-refractivity contribution in [1.82, 2.24) is 20.3 Å². The minimum absolute atomic E-state index is 0.0297. The Bertz CT molecular complexity index is 1110. The number of aryl methyl sites for hydroxylation is 2. The van der Waals surface area contributed by atoms with Gasteiger partial charge in [-0.3, -0.25) is 9.59 Å². The van der Waals surface area contributed by atoms with Gasteiger partial charge in [-0.25, -0.2) is 9.97 Å². The number of amides is 1. The molecular formula is C25H29N5O2. The third-order valence-corrected chi connectivity index (χ3v) is 5.96. The quantitative estimate of drug-likeness (QED) is 0.625. The first-order chi connectivity index (χ1) is 15.5. The number of carbonyl (C=O) groups excluding carboxylic acids is 1. The fourth-order valence-electron chi connectivity index (χ4n) is 3.95. The summed E-state index contributed by atoms with van der Waals surface area (Å²) >= 11 is 0. The van der Waals surface area contributed by atoms with Crippen LogP contribution in [0.2, 0.25) is 0 Å².